The molecule has 0 saturated carbocycles. The predicted octanol–water partition coefficient (Wildman–Crippen LogP) is 3.44. The maximum absolute atomic E-state index is 6.12. The number of likely N-dealkylation sites (tertiary alicyclic amines) is 1. The van der Waals surface area contributed by atoms with Crippen molar-refractivity contribution in [3.8, 4) is 0 Å². The van der Waals surface area contributed by atoms with Crippen LogP contribution in [0.3, 0.4) is 0 Å². The molecule has 1 heterocycles. The molecule has 1 aliphatic rings. The highest BCUT2D eigenvalue weighted by molar-refractivity contribution is 5.19. The third-order valence-corrected chi connectivity index (χ3v) is 4.40. The molecule has 2 nitrogen and oxygen atoms in total. The third kappa shape index (κ3) is 3.58. The van der Waals surface area contributed by atoms with Crippen LogP contribution in [0, 0.1) is 11.8 Å². The van der Waals surface area contributed by atoms with Crippen LogP contribution in [-0.2, 0) is 0 Å². The first-order valence-corrected chi connectivity index (χ1v) is 7.64. The van der Waals surface area contributed by atoms with Crippen LogP contribution in [0.4, 0.5) is 0 Å². The van der Waals surface area contributed by atoms with Gasteiger partial charge in [-0.15, -0.1) is 0 Å². The van der Waals surface area contributed by atoms with Gasteiger partial charge in [-0.1, -0.05) is 44.2 Å². The standard InChI is InChI=1S/C17H28N2/c1-13(2)17(15-8-5-4-6-9-15)19-11-7-10-16(12-19)14(3)18/h4-6,8-9,13-14,16-17H,7,10-12,18H2,1-3H3. The zero-order valence-corrected chi connectivity index (χ0v) is 12.5. The van der Waals surface area contributed by atoms with E-state index in [4.69, 9.17) is 5.73 Å². The summed E-state index contributed by atoms with van der Waals surface area (Å²) in [7, 11) is 0. The first-order chi connectivity index (χ1) is 9.09. The van der Waals surface area contributed by atoms with Gasteiger partial charge in [0.2, 0.25) is 0 Å². The molecule has 3 unspecified atom stereocenters. The molecular formula is C17H28N2. The molecule has 3 atom stereocenters. The van der Waals surface area contributed by atoms with Gasteiger partial charge in [-0.05, 0) is 43.7 Å². The van der Waals surface area contributed by atoms with Crippen molar-refractivity contribution in [1.29, 1.82) is 0 Å². The van der Waals surface area contributed by atoms with Crippen LogP contribution in [0.15, 0.2) is 30.3 Å². The fourth-order valence-corrected chi connectivity index (χ4v) is 3.39. The lowest BCUT2D eigenvalue weighted by molar-refractivity contribution is 0.0881. The molecule has 106 valence electrons. The molecule has 0 aliphatic carbocycles. The molecule has 1 saturated heterocycles. The van der Waals surface area contributed by atoms with Crippen molar-refractivity contribution in [1.82, 2.24) is 4.90 Å². The Morgan fingerprint density at radius 3 is 2.42 bits per heavy atom. The van der Waals surface area contributed by atoms with E-state index in [0.717, 1.165) is 6.54 Å². The van der Waals surface area contributed by atoms with E-state index in [0.29, 0.717) is 23.9 Å². The number of rotatable bonds is 4. The molecule has 1 fully saturated rings. The lowest BCUT2D eigenvalue weighted by Crippen LogP contribution is -2.45. The number of nitrogens with two attached hydrogens (primary N) is 1. The smallest absolute Gasteiger partial charge is 0.0371 e. The lowest BCUT2D eigenvalue weighted by Gasteiger charge is -2.41. The van der Waals surface area contributed by atoms with E-state index >= 15 is 0 Å². The highest BCUT2D eigenvalue weighted by Crippen LogP contribution is 2.32. The molecule has 0 bridgehead atoms. The highest BCUT2D eigenvalue weighted by atomic mass is 15.2. The van der Waals surface area contributed by atoms with E-state index in [1.165, 1.54) is 24.9 Å². The van der Waals surface area contributed by atoms with Gasteiger partial charge in [-0.25, -0.2) is 0 Å². The average molecular weight is 260 g/mol. The fraction of sp³-hybridized carbons (Fsp3) is 0.647. The third-order valence-electron chi connectivity index (χ3n) is 4.40. The van der Waals surface area contributed by atoms with Crippen LogP contribution in [-0.4, -0.2) is 24.0 Å². The van der Waals surface area contributed by atoms with E-state index in [2.05, 4.69) is 56.0 Å². The molecule has 1 aliphatic heterocycles. The van der Waals surface area contributed by atoms with Crippen LogP contribution < -0.4 is 5.73 Å². The number of hydrogen-bond donors (Lipinski definition) is 1. The molecule has 0 spiro atoms. The molecule has 1 aromatic carbocycles. The molecule has 2 rings (SSSR count). The lowest BCUT2D eigenvalue weighted by atomic mass is 9.87. The maximum atomic E-state index is 6.12. The van der Waals surface area contributed by atoms with Crippen LogP contribution in [0.5, 0.6) is 0 Å². The predicted molar refractivity (Wildman–Crippen MR) is 82.0 cm³/mol. The Morgan fingerprint density at radius 2 is 1.84 bits per heavy atom. The Balaban J connectivity index is 2.15. The zero-order valence-electron chi connectivity index (χ0n) is 12.5. The molecular weight excluding hydrogens is 232 g/mol. The molecule has 0 amide bonds. The van der Waals surface area contributed by atoms with Gasteiger partial charge in [0.25, 0.3) is 0 Å². The topological polar surface area (TPSA) is 29.3 Å². The summed E-state index contributed by atoms with van der Waals surface area (Å²) >= 11 is 0. The Kier molecular flexibility index (Phi) is 5.00. The molecule has 0 aromatic heterocycles. The first kappa shape index (κ1) is 14.5. The quantitative estimate of drug-likeness (QED) is 0.898. The van der Waals surface area contributed by atoms with Gasteiger partial charge < -0.3 is 5.73 Å². The first-order valence-electron chi connectivity index (χ1n) is 7.64. The van der Waals surface area contributed by atoms with Gasteiger partial charge in [-0.2, -0.15) is 0 Å². The van der Waals surface area contributed by atoms with Crippen molar-refractivity contribution in [3.63, 3.8) is 0 Å². The molecule has 2 heteroatoms. The Bertz CT molecular complexity index is 372. The second-order valence-corrected chi connectivity index (χ2v) is 6.36. The number of piperidine rings is 1. The molecule has 0 radical (unpaired) electrons. The van der Waals surface area contributed by atoms with Crippen LogP contribution in [0.2, 0.25) is 0 Å². The largest absolute Gasteiger partial charge is 0.328 e. The van der Waals surface area contributed by atoms with Crippen molar-refractivity contribution in [2.75, 3.05) is 13.1 Å². The van der Waals surface area contributed by atoms with Crippen molar-refractivity contribution in [2.45, 2.75) is 45.7 Å². The summed E-state index contributed by atoms with van der Waals surface area (Å²) in [4.78, 5) is 2.65. The average Bonchev–Trinajstić information content (AvgIpc) is 2.40. The molecule has 2 N–H and O–H groups in total. The monoisotopic (exact) mass is 260 g/mol. The van der Waals surface area contributed by atoms with Gasteiger partial charge in [-0.3, -0.25) is 4.90 Å². The summed E-state index contributed by atoms with van der Waals surface area (Å²) < 4.78 is 0. The summed E-state index contributed by atoms with van der Waals surface area (Å²) in [5.74, 6) is 1.29. The molecule has 19 heavy (non-hydrogen) atoms. The second-order valence-electron chi connectivity index (χ2n) is 6.36. The summed E-state index contributed by atoms with van der Waals surface area (Å²) in [6, 6.07) is 11.8. The van der Waals surface area contributed by atoms with E-state index in [9.17, 15) is 0 Å². The maximum Gasteiger partial charge on any atom is 0.0371 e. The SMILES string of the molecule is CC(C)C(c1ccccc1)N1CCCC(C(C)N)C1. The van der Waals surface area contributed by atoms with Crippen molar-refractivity contribution in [3.05, 3.63) is 35.9 Å². The van der Waals surface area contributed by atoms with Crippen molar-refractivity contribution >= 4 is 0 Å². The van der Waals surface area contributed by atoms with Crippen molar-refractivity contribution in [2.24, 2.45) is 17.6 Å². The van der Waals surface area contributed by atoms with E-state index in [1.807, 2.05) is 0 Å². The minimum atomic E-state index is 0.311. The minimum Gasteiger partial charge on any atom is -0.328 e. The van der Waals surface area contributed by atoms with Crippen LogP contribution >= 0.6 is 0 Å². The zero-order chi connectivity index (χ0) is 13.8. The van der Waals surface area contributed by atoms with Gasteiger partial charge in [0.05, 0.1) is 0 Å². The summed E-state index contributed by atoms with van der Waals surface area (Å²) in [6.07, 6.45) is 2.57. The van der Waals surface area contributed by atoms with E-state index < -0.39 is 0 Å². The van der Waals surface area contributed by atoms with Crippen molar-refractivity contribution < 1.29 is 0 Å². The second kappa shape index (κ2) is 6.53. The van der Waals surface area contributed by atoms with Gasteiger partial charge in [0.1, 0.15) is 0 Å². The normalized spacial score (nSPS) is 24.4. The van der Waals surface area contributed by atoms with Crippen LogP contribution in [0.25, 0.3) is 0 Å². The van der Waals surface area contributed by atoms with E-state index in [-0.39, 0.29) is 0 Å². The number of hydrogen-bond acceptors (Lipinski definition) is 2. The summed E-state index contributed by atoms with van der Waals surface area (Å²) in [5.41, 5.74) is 7.56. The number of nitrogens with zero attached hydrogens (tertiary/aromatic N) is 1. The Morgan fingerprint density at radius 1 is 1.16 bits per heavy atom. The Hall–Kier alpha value is -0.860. The minimum absolute atomic E-state index is 0.311. The molecule has 1 aromatic rings. The number of benzene rings is 1. The Labute approximate surface area is 118 Å². The van der Waals surface area contributed by atoms with E-state index in [1.54, 1.807) is 0 Å². The van der Waals surface area contributed by atoms with Crippen LogP contribution in [0.1, 0.15) is 45.2 Å². The highest BCUT2D eigenvalue weighted by Gasteiger charge is 2.29. The fourth-order valence-electron chi connectivity index (χ4n) is 3.39. The summed E-state index contributed by atoms with van der Waals surface area (Å²) in [6.45, 7) is 9.16. The van der Waals surface area contributed by atoms with Gasteiger partial charge in [0.15, 0.2) is 0 Å². The summed E-state index contributed by atoms with van der Waals surface area (Å²) in [5, 5.41) is 0. The van der Waals surface area contributed by atoms with Gasteiger partial charge in [0, 0.05) is 18.6 Å². The van der Waals surface area contributed by atoms with Gasteiger partial charge >= 0.3 is 0 Å².